The number of thioether (sulfide) groups is 2. The van der Waals surface area contributed by atoms with Crippen LogP contribution in [0.4, 0.5) is 0 Å². The largest absolute Gasteiger partial charge is 0.507 e. The van der Waals surface area contributed by atoms with Gasteiger partial charge in [0.05, 0.1) is 11.4 Å². The lowest BCUT2D eigenvalue weighted by Gasteiger charge is -2.31. The van der Waals surface area contributed by atoms with E-state index in [0.717, 1.165) is 16.4 Å². The summed E-state index contributed by atoms with van der Waals surface area (Å²) >= 11 is 3.26. The topological polar surface area (TPSA) is 73.1 Å². The highest BCUT2D eigenvalue weighted by Gasteiger charge is 2.50. The average Bonchev–Trinajstić information content (AvgIpc) is 3.07. The SMILES string of the molecule is CN1[C@H](C2CSC(c3ccccc3O)=N2)SC[C@]1(C)C(=O)O. The van der Waals surface area contributed by atoms with E-state index in [0.29, 0.717) is 5.75 Å². The molecule has 7 heteroatoms. The third kappa shape index (κ3) is 2.51. The van der Waals surface area contributed by atoms with Crippen LogP contribution in [0.25, 0.3) is 0 Å². The van der Waals surface area contributed by atoms with Crippen molar-refractivity contribution in [2.75, 3.05) is 18.6 Å². The first-order valence-electron chi connectivity index (χ1n) is 7.00. The molecule has 0 saturated carbocycles. The average molecular weight is 338 g/mol. The fourth-order valence-corrected chi connectivity index (χ4v) is 5.56. The monoisotopic (exact) mass is 338 g/mol. The van der Waals surface area contributed by atoms with Crippen LogP contribution in [-0.4, -0.2) is 61.6 Å². The minimum absolute atomic E-state index is 0.0378. The standard InChI is InChI=1S/C15H18N2O3S2/c1-15(14(19)20)8-22-13(17(15)2)10-7-21-12(16-10)9-5-3-4-6-11(9)18/h3-6,10,13,18H,7-8H2,1-2H3,(H,19,20)/t10?,13-,15+/m0/s1. The molecule has 1 fully saturated rings. The van der Waals surface area contributed by atoms with Crippen molar-refractivity contribution in [3.8, 4) is 5.75 Å². The third-order valence-electron chi connectivity index (χ3n) is 4.29. The first-order chi connectivity index (χ1) is 10.4. The van der Waals surface area contributed by atoms with Gasteiger partial charge in [-0.1, -0.05) is 12.1 Å². The van der Waals surface area contributed by atoms with Crippen molar-refractivity contribution in [2.45, 2.75) is 23.9 Å². The molecule has 1 aromatic rings. The second kappa shape index (κ2) is 5.79. The number of carbonyl (C=O) groups is 1. The maximum atomic E-state index is 11.5. The molecule has 0 radical (unpaired) electrons. The Hall–Kier alpha value is -1.18. The van der Waals surface area contributed by atoms with Gasteiger partial charge in [-0.3, -0.25) is 14.7 Å². The Morgan fingerprint density at radius 2 is 2.18 bits per heavy atom. The molecule has 2 aliphatic heterocycles. The lowest BCUT2D eigenvalue weighted by atomic mass is 10.0. The molecule has 1 saturated heterocycles. The van der Waals surface area contributed by atoms with Crippen molar-refractivity contribution in [1.82, 2.24) is 4.90 Å². The Morgan fingerprint density at radius 3 is 2.82 bits per heavy atom. The predicted octanol–water partition coefficient (Wildman–Crippen LogP) is 2.10. The molecular weight excluding hydrogens is 320 g/mol. The Kier molecular flexibility index (Phi) is 4.13. The molecule has 0 aromatic heterocycles. The van der Waals surface area contributed by atoms with Crippen molar-refractivity contribution < 1.29 is 15.0 Å². The van der Waals surface area contributed by atoms with E-state index in [1.807, 2.05) is 24.1 Å². The first kappa shape index (κ1) is 15.7. The van der Waals surface area contributed by atoms with Gasteiger partial charge in [-0.25, -0.2) is 0 Å². The summed E-state index contributed by atoms with van der Waals surface area (Å²) in [5.41, 5.74) is -0.0886. The molecule has 3 rings (SSSR count). The number of nitrogens with zero attached hydrogens (tertiary/aromatic N) is 2. The van der Waals surface area contributed by atoms with E-state index in [9.17, 15) is 15.0 Å². The lowest BCUT2D eigenvalue weighted by molar-refractivity contribution is -0.147. The minimum atomic E-state index is -0.840. The summed E-state index contributed by atoms with van der Waals surface area (Å²) in [6.07, 6.45) is 0. The van der Waals surface area contributed by atoms with Crippen molar-refractivity contribution in [1.29, 1.82) is 0 Å². The fraction of sp³-hybridized carbons (Fsp3) is 0.467. The van der Waals surface area contributed by atoms with Crippen LogP contribution >= 0.6 is 23.5 Å². The summed E-state index contributed by atoms with van der Waals surface area (Å²) in [5.74, 6) is 0.811. The van der Waals surface area contributed by atoms with Crippen LogP contribution in [0.1, 0.15) is 12.5 Å². The highest BCUT2D eigenvalue weighted by atomic mass is 32.2. The molecule has 3 atom stereocenters. The molecule has 0 spiro atoms. The number of likely N-dealkylation sites (N-methyl/N-ethyl adjacent to an activating group) is 1. The number of aromatic hydroxyl groups is 1. The molecular formula is C15H18N2O3S2. The highest BCUT2D eigenvalue weighted by molar-refractivity contribution is 8.14. The van der Waals surface area contributed by atoms with E-state index in [1.165, 1.54) is 0 Å². The van der Waals surface area contributed by atoms with Crippen LogP contribution < -0.4 is 0 Å². The fourth-order valence-electron chi connectivity index (χ4n) is 2.66. The number of aliphatic carboxylic acids is 1. The smallest absolute Gasteiger partial charge is 0.324 e. The quantitative estimate of drug-likeness (QED) is 0.879. The third-order valence-corrected chi connectivity index (χ3v) is 7.10. The van der Waals surface area contributed by atoms with Crippen LogP contribution in [0.2, 0.25) is 0 Å². The second-order valence-electron chi connectivity index (χ2n) is 5.72. The van der Waals surface area contributed by atoms with E-state index in [2.05, 4.69) is 0 Å². The number of phenols is 1. The number of hydrogen-bond acceptors (Lipinski definition) is 6. The van der Waals surface area contributed by atoms with Gasteiger partial charge in [-0.2, -0.15) is 0 Å². The number of phenolic OH excluding ortho intramolecular Hbond substituents is 1. The number of carboxylic acid groups (broad SMARTS) is 1. The molecule has 22 heavy (non-hydrogen) atoms. The van der Waals surface area contributed by atoms with Crippen LogP contribution in [-0.2, 0) is 4.79 Å². The number of benzene rings is 1. The number of aliphatic imine (C=N–C) groups is 1. The van der Waals surface area contributed by atoms with Crippen molar-refractivity contribution in [3.63, 3.8) is 0 Å². The second-order valence-corrected chi connectivity index (χ2v) is 7.83. The lowest BCUT2D eigenvalue weighted by Crippen LogP contribution is -2.52. The number of para-hydroxylation sites is 1. The molecule has 2 N–H and O–H groups in total. The molecule has 2 heterocycles. The van der Waals surface area contributed by atoms with Crippen molar-refractivity contribution >= 4 is 34.5 Å². The molecule has 0 amide bonds. The maximum absolute atomic E-state index is 11.5. The summed E-state index contributed by atoms with van der Waals surface area (Å²) in [7, 11) is 1.86. The van der Waals surface area contributed by atoms with Gasteiger partial charge in [0.1, 0.15) is 16.3 Å². The molecule has 0 bridgehead atoms. The number of rotatable bonds is 3. The van der Waals surface area contributed by atoms with Crippen LogP contribution in [0.15, 0.2) is 29.3 Å². The van der Waals surface area contributed by atoms with Gasteiger partial charge in [0.15, 0.2) is 0 Å². The Balaban J connectivity index is 1.81. The Morgan fingerprint density at radius 1 is 1.45 bits per heavy atom. The zero-order valence-corrected chi connectivity index (χ0v) is 14.0. The minimum Gasteiger partial charge on any atom is -0.507 e. The zero-order valence-electron chi connectivity index (χ0n) is 12.4. The number of carboxylic acids is 1. The first-order valence-corrected chi connectivity index (χ1v) is 9.04. The maximum Gasteiger partial charge on any atom is 0.324 e. The number of hydrogen-bond donors (Lipinski definition) is 2. The van der Waals surface area contributed by atoms with Gasteiger partial charge in [0.25, 0.3) is 0 Å². The van der Waals surface area contributed by atoms with Crippen molar-refractivity contribution in [3.05, 3.63) is 29.8 Å². The van der Waals surface area contributed by atoms with E-state index in [-0.39, 0.29) is 17.2 Å². The summed E-state index contributed by atoms with van der Waals surface area (Å²) in [5, 5.41) is 20.3. The summed E-state index contributed by atoms with van der Waals surface area (Å²) in [6.45, 7) is 1.76. The van der Waals surface area contributed by atoms with Gasteiger partial charge in [0, 0.05) is 17.1 Å². The zero-order chi connectivity index (χ0) is 15.9. The van der Waals surface area contributed by atoms with Crippen LogP contribution in [0, 0.1) is 0 Å². The summed E-state index contributed by atoms with van der Waals surface area (Å²) in [4.78, 5) is 18.2. The van der Waals surface area contributed by atoms with Gasteiger partial charge < -0.3 is 10.2 Å². The Labute approximate surface area is 137 Å². The Bertz CT molecular complexity index is 637. The van der Waals surface area contributed by atoms with E-state index < -0.39 is 11.5 Å². The van der Waals surface area contributed by atoms with Gasteiger partial charge in [0.2, 0.25) is 0 Å². The molecule has 118 valence electrons. The molecule has 5 nitrogen and oxygen atoms in total. The van der Waals surface area contributed by atoms with Gasteiger partial charge in [-0.05, 0) is 26.1 Å². The predicted molar refractivity (Wildman–Crippen MR) is 90.9 cm³/mol. The van der Waals surface area contributed by atoms with Crippen LogP contribution in [0.5, 0.6) is 5.75 Å². The van der Waals surface area contributed by atoms with E-state index >= 15 is 0 Å². The highest BCUT2D eigenvalue weighted by Crippen LogP contribution is 2.41. The molecule has 1 unspecified atom stereocenters. The van der Waals surface area contributed by atoms with Crippen LogP contribution in [0.3, 0.4) is 0 Å². The summed E-state index contributed by atoms with van der Waals surface area (Å²) in [6, 6.07) is 7.22. The summed E-state index contributed by atoms with van der Waals surface area (Å²) < 4.78 is 0. The van der Waals surface area contributed by atoms with E-state index in [4.69, 9.17) is 4.99 Å². The van der Waals surface area contributed by atoms with E-state index in [1.54, 1.807) is 42.6 Å². The van der Waals surface area contributed by atoms with Gasteiger partial charge >= 0.3 is 5.97 Å². The van der Waals surface area contributed by atoms with Gasteiger partial charge in [-0.15, -0.1) is 23.5 Å². The normalized spacial score (nSPS) is 32.2. The molecule has 2 aliphatic rings. The van der Waals surface area contributed by atoms with Crippen molar-refractivity contribution in [2.24, 2.45) is 4.99 Å². The molecule has 1 aromatic carbocycles. The molecule has 0 aliphatic carbocycles.